The van der Waals surface area contributed by atoms with Gasteiger partial charge in [0.15, 0.2) is 0 Å². The van der Waals surface area contributed by atoms with Crippen molar-refractivity contribution in [1.82, 2.24) is 15.3 Å². The van der Waals surface area contributed by atoms with Crippen molar-refractivity contribution in [2.24, 2.45) is 0 Å². The molecule has 0 bridgehead atoms. The number of H-pyrrole nitrogens is 1. The highest BCUT2D eigenvalue weighted by atomic mass is 19.1. The predicted octanol–water partition coefficient (Wildman–Crippen LogP) is 4.88. The number of ether oxygens (including phenoxy) is 1. The standard InChI is InChI=1S/C25H23FN4O2/c1-32-20-7-2-16(3-8-20)22-12-18-10-15(14-28-24(18)30-22)13-27-23-11-17(4-9-21(23)26)25(31)29-19-5-6-19/h2-4,7-12,14,19,27H,5-6,13H2,1H3,(H,28,30)(H,29,31). The van der Waals surface area contributed by atoms with Crippen molar-refractivity contribution < 1.29 is 13.9 Å². The third-order valence-corrected chi connectivity index (χ3v) is 5.55. The third-order valence-electron chi connectivity index (χ3n) is 5.55. The molecule has 1 amide bonds. The molecule has 6 nitrogen and oxygen atoms in total. The smallest absolute Gasteiger partial charge is 0.251 e. The number of aromatic nitrogens is 2. The van der Waals surface area contributed by atoms with Gasteiger partial charge in [-0.2, -0.15) is 0 Å². The largest absolute Gasteiger partial charge is 0.497 e. The molecule has 0 aliphatic heterocycles. The number of amides is 1. The van der Waals surface area contributed by atoms with Crippen LogP contribution in [0.25, 0.3) is 22.3 Å². The lowest BCUT2D eigenvalue weighted by molar-refractivity contribution is 0.0951. The maximum atomic E-state index is 14.3. The van der Waals surface area contributed by atoms with Crippen LogP contribution in [0.5, 0.6) is 5.75 Å². The van der Waals surface area contributed by atoms with Gasteiger partial charge in [0.2, 0.25) is 0 Å². The fraction of sp³-hybridized carbons (Fsp3) is 0.200. The first kappa shape index (κ1) is 20.1. The molecule has 2 aromatic carbocycles. The lowest BCUT2D eigenvalue weighted by Crippen LogP contribution is -2.25. The Labute approximate surface area is 184 Å². The molecule has 7 heteroatoms. The Morgan fingerprint density at radius 3 is 2.72 bits per heavy atom. The molecule has 0 unspecified atom stereocenters. The number of pyridine rings is 1. The second kappa shape index (κ2) is 8.34. The summed E-state index contributed by atoms with van der Waals surface area (Å²) in [7, 11) is 1.64. The first-order chi connectivity index (χ1) is 15.6. The summed E-state index contributed by atoms with van der Waals surface area (Å²) in [5.41, 5.74) is 4.42. The van der Waals surface area contributed by atoms with E-state index in [0.29, 0.717) is 17.8 Å². The van der Waals surface area contributed by atoms with Gasteiger partial charge in [0.25, 0.3) is 5.91 Å². The number of nitrogens with one attached hydrogen (secondary N) is 3. The van der Waals surface area contributed by atoms with Crippen molar-refractivity contribution in [2.45, 2.75) is 25.4 Å². The number of rotatable bonds is 7. The van der Waals surface area contributed by atoms with Crippen LogP contribution in [0.1, 0.15) is 28.8 Å². The van der Waals surface area contributed by atoms with Crippen molar-refractivity contribution in [3.63, 3.8) is 0 Å². The predicted molar refractivity (Wildman–Crippen MR) is 122 cm³/mol. The third kappa shape index (κ3) is 4.27. The molecule has 0 saturated heterocycles. The van der Waals surface area contributed by atoms with E-state index in [4.69, 9.17) is 4.74 Å². The molecule has 4 aromatic rings. The molecule has 32 heavy (non-hydrogen) atoms. The summed E-state index contributed by atoms with van der Waals surface area (Å²) in [5.74, 6) is 0.236. The lowest BCUT2D eigenvalue weighted by atomic mass is 10.1. The van der Waals surface area contributed by atoms with Crippen LogP contribution in [0.4, 0.5) is 10.1 Å². The Hall–Kier alpha value is -3.87. The first-order valence-corrected chi connectivity index (χ1v) is 10.6. The number of hydrogen-bond acceptors (Lipinski definition) is 4. The lowest BCUT2D eigenvalue weighted by Gasteiger charge is -2.10. The van der Waals surface area contributed by atoms with Crippen LogP contribution in [0.15, 0.2) is 60.8 Å². The SMILES string of the molecule is COc1ccc(-c2cc3cc(CNc4cc(C(=O)NC5CC5)ccc4F)cnc3[nH]2)cc1. The molecule has 1 fully saturated rings. The van der Waals surface area contributed by atoms with Crippen molar-refractivity contribution in [3.8, 4) is 17.0 Å². The van der Waals surface area contributed by atoms with Gasteiger partial charge in [-0.15, -0.1) is 0 Å². The zero-order chi connectivity index (χ0) is 22.1. The normalized spacial score (nSPS) is 13.2. The summed E-state index contributed by atoms with van der Waals surface area (Å²) >= 11 is 0. The van der Waals surface area contributed by atoms with Crippen LogP contribution in [-0.4, -0.2) is 29.0 Å². The number of anilines is 1. The number of hydrogen-bond donors (Lipinski definition) is 3. The average molecular weight is 430 g/mol. The van der Waals surface area contributed by atoms with Crippen LogP contribution in [-0.2, 0) is 6.54 Å². The molecule has 5 rings (SSSR count). The summed E-state index contributed by atoms with van der Waals surface area (Å²) in [5, 5.41) is 6.98. The van der Waals surface area contributed by atoms with Gasteiger partial charge in [0.05, 0.1) is 12.8 Å². The van der Waals surface area contributed by atoms with Gasteiger partial charge in [0.1, 0.15) is 17.2 Å². The summed E-state index contributed by atoms with van der Waals surface area (Å²) in [4.78, 5) is 20.1. The van der Waals surface area contributed by atoms with Gasteiger partial charge in [-0.25, -0.2) is 9.37 Å². The molecule has 162 valence electrons. The average Bonchev–Trinajstić information content (AvgIpc) is 3.53. The highest BCUT2D eigenvalue weighted by Gasteiger charge is 2.24. The minimum Gasteiger partial charge on any atom is -0.497 e. The fourth-order valence-electron chi connectivity index (χ4n) is 3.58. The molecule has 1 aliphatic rings. The highest BCUT2D eigenvalue weighted by Crippen LogP contribution is 2.26. The fourth-order valence-corrected chi connectivity index (χ4v) is 3.58. The van der Waals surface area contributed by atoms with E-state index >= 15 is 0 Å². The van der Waals surface area contributed by atoms with E-state index in [1.807, 2.05) is 36.4 Å². The summed E-state index contributed by atoms with van der Waals surface area (Å²) < 4.78 is 19.5. The number of fused-ring (bicyclic) bond motifs is 1. The quantitative estimate of drug-likeness (QED) is 0.390. The van der Waals surface area contributed by atoms with Crippen molar-refractivity contribution in [3.05, 3.63) is 77.7 Å². The van der Waals surface area contributed by atoms with E-state index < -0.39 is 5.82 Å². The summed E-state index contributed by atoms with van der Waals surface area (Å²) in [6, 6.07) is 16.5. The van der Waals surface area contributed by atoms with Gasteiger partial charge >= 0.3 is 0 Å². The van der Waals surface area contributed by atoms with Gasteiger partial charge in [-0.1, -0.05) is 0 Å². The second-order valence-corrected chi connectivity index (χ2v) is 7.99. The molecule has 0 atom stereocenters. The molecule has 2 aromatic heterocycles. The first-order valence-electron chi connectivity index (χ1n) is 10.6. The number of carbonyl (C=O) groups is 1. The number of halogens is 1. The van der Waals surface area contributed by atoms with Gasteiger partial charge in [0, 0.05) is 35.4 Å². The van der Waals surface area contributed by atoms with Crippen LogP contribution < -0.4 is 15.4 Å². The summed E-state index contributed by atoms with van der Waals surface area (Å²) in [6.45, 7) is 0.386. The molecular formula is C25H23FN4O2. The van der Waals surface area contributed by atoms with Crippen molar-refractivity contribution in [2.75, 3.05) is 12.4 Å². The molecule has 3 N–H and O–H groups in total. The van der Waals surface area contributed by atoms with Gasteiger partial charge < -0.3 is 20.4 Å². The monoisotopic (exact) mass is 430 g/mol. The Morgan fingerprint density at radius 2 is 1.97 bits per heavy atom. The van der Waals surface area contributed by atoms with Gasteiger partial charge in [-0.3, -0.25) is 4.79 Å². The number of benzene rings is 2. The molecule has 1 aliphatic carbocycles. The second-order valence-electron chi connectivity index (χ2n) is 7.99. The van der Waals surface area contributed by atoms with E-state index in [1.165, 1.54) is 12.1 Å². The van der Waals surface area contributed by atoms with Crippen LogP contribution >= 0.6 is 0 Å². The van der Waals surface area contributed by atoms with E-state index in [-0.39, 0.29) is 11.9 Å². The Morgan fingerprint density at radius 1 is 1.16 bits per heavy atom. The molecule has 2 heterocycles. The maximum Gasteiger partial charge on any atom is 0.251 e. The number of carbonyl (C=O) groups excluding carboxylic acids is 1. The van der Waals surface area contributed by atoms with E-state index in [9.17, 15) is 9.18 Å². The number of aromatic amines is 1. The van der Waals surface area contributed by atoms with Crippen LogP contribution in [0.2, 0.25) is 0 Å². The Bertz CT molecular complexity index is 1280. The van der Waals surface area contributed by atoms with E-state index in [2.05, 4.69) is 20.6 Å². The van der Waals surface area contributed by atoms with E-state index in [1.54, 1.807) is 19.4 Å². The Balaban J connectivity index is 1.31. The zero-order valence-corrected chi connectivity index (χ0v) is 17.6. The highest BCUT2D eigenvalue weighted by molar-refractivity contribution is 5.95. The minimum absolute atomic E-state index is 0.169. The zero-order valence-electron chi connectivity index (χ0n) is 17.6. The topological polar surface area (TPSA) is 79.0 Å². The molecule has 0 radical (unpaired) electrons. The summed E-state index contributed by atoms with van der Waals surface area (Å²) in [6.07, 6.45) is 3.77. The van der Waals surface area contributed by atoms with Crippen molar-refractivity contribution >= 4 is 22.6 Å². The van der Waals surface area contributed by atoms with Crippen LogP contribution in [0, 0.1) is 5.82 Å². The maximum absolute atomic E-state index is 14.3. The molecular weight excluding hydrogens is 407 g/mol. The van der Waals surface area contributed by atoms with Crippen LogP contribution in [0.3, 0.4) is 0 Å². The van der Waals surface area contributed by atoms with Crippen molar-refractivity contribution in [1.29, 1.82) is 0 Å². The van der Waals surface area contributed by atoms with Gasteiger partial charge in [-0.05, 0) is 78.6 Å². The number of methoxy groups -OCH3 is 1. The molecule has 0 spiro atoms. The van der Waals surface area contributed by atoms with E-state index in [0.717, 1.165) is 46.4 Å². The minimum atomic E-state index is -0.398. The Kier molecular flexibility index (Phi) is 5.23. The molecule has 1 saturated carbocycles. The number of nitrogens with zero attached hydrogens (tertiary/aromatic N) is 1.